The summed E-state index contributed by atoms with van der Waals surface area (Å²) in [5.41, 5.74) is 1.51. The summed E-state index contributed by atoms with van der Waals surface area (Å²) in [6.45, 7) is 5.11. The van der Waals surface area contributed by atoms with Crippen molar-refractivity contribution in [2.45, 2.75) is 26.4 Å². The fraction of sp³-hybridized carbons (Fsp3) is 0.412. The van der Waals surface area contributed by atoms with Gasteiger partial charge in [0.05, 0.1) is 28.9 Å². The Labute approximate surface area is 150 Å². The Morgan fingerprint density at radius 2 is 2.17 bits per heavy atom. The lowest BCUT2D eigenvalue weighted by atomic mass is 10.1. The zero-order valence-corrected chi connectivity index (χ0v) is 15.0. The maximum absolute atomic E-state index is 12.7. The Bertz CT molecular complexity index is 760. The SMILES string of the molecule is CCc1nc(C)c(C(=O)N2CCO[C@@H](c3ccc(Cl)c(Cl)c3)C2)o1. The lowest BCUT2D eigenvalue weighted by molar-refractivity contribution is -0.0238. The van der Waals surface area contributed by atoms with Crippen LogP contribution in [0.25, 0.3) is 0 Å². The van der Waals surface area contributed by atoms with Crippen LogP contribution in [-0.4, -0.2) is 35.5 Å². The highest BCUT2D eigenvalue weighted by atomic mass is 35.5. The predicted molar refractivity (Wildman–Crippen MR) is 91.7 cm³/mol. The van der Waals surface area contributed by atoms with E-state index in [-0.39, 0.29) is 12.0 Å². The van der Waals surface area contributed by atoms with Gasteiger partial charge in [0.15, 0.2) is 5.89 Å². The van der Waals surface area contributed by atoms with Crippen molar-refractivity contribution < 1.29 is 13.9 Å². The van der Waals surface area contributed by atoms with Crippen molar-refractivity contribution in [3.05, 3.63) is 51.2 Å². The summed E-state index contributed by atoms with van der Waals surface area (Å²) in [6.07, 6.45) is 0.412. The molecule has 5 nitrogen and oxygen atoms in total. The number of benzene rings is 1. The fourth-order valence-electron chi connectivity index (χ4n) is 2.69. The first kappa shape index (κ1) is 17.3. The van der Waals surface area contributed by atoms with Gasteiger partial charge in [-0.15, -0.1) is 0 Å². The molecule has 1 saturated heterocycles. The van der Waals surface area contributed by atoms with E-state index in [1.165, 1.54) is 0 Å². The summed E-state index contributed by atoms with van der Waals surface area (Å²) in [4.78, 5) is 18.7. The molecule has 1 aliphatic rings. The molecular formula is C17H18Cl2N2O3. The third-order valence-corrected chi connectivity index (χ3v) is 4.75. The summed E-state index contributed by atoms with van der Waals surface area (Å²) < 4.78 is 11.4. The van der Waals surface area contributed by atoms with Crippen molar-refractivity contribution in [2.24, 2.45) is 0 Å². The molecular weight excluding hydrogens is 351 g/mol. The summed E-state index contributed by atoms with van der Waals surface area (Å²) in [5, 5.41) is 0.966. The number of carbonyl (C=O) groups excluding carboxylic acids is 1. The van der Waals surface area contributed by atoms with Gasteiger partial charge in [-0.2, -0.15) is 0 Å². The van der Waals surface area contributed by atoms with Crippen LogP contribution in [0.3, 0.4) is 0 Å². The second-order valence-corrected chi connectivity index (χ2v) is 6.47. The number of morpholine rings is 1. The Kier molecular flexibility index (Phi) is 5.13. The molecule has 1 fully saturated rings. The Morgan fingerprint density at radius 3 is 2.83 bits per heavy atom. The molecule has 0 unspecified atom stereocenters. The Balaban J connectivity index is 1.78. The molecule has 1 aromatic carbocycles. The van der Waals surface area contributed by atoms with Crippen molar-refractivity contribution in [3.8, 4) is 0 Å². The summed E-state index contributed by atoms with van der Waals surface area (Å²) in [7, 11) is 0. The smallest absolute Gasteiger partial charge is 0.291 e. The molecule has 0 saturated carbocycles. The Hall–Kier alpha value is -1.56. The maximum atomic E-state index is 12.7. The van der Waals surface area contributed by atoms with Crippen LogP contribution in [0.2, 0.25) is 10.0 Å². The molecule has 0 bridgehead atoms. The zero-order chi connectivity index (χ0) is 17.3. The molecule has 2 heterocycles. The average molecular weight is 369 g/mol. The monoisotopic (exact) mass is 368 g/mol. The van der Waals surface area contributed by atoms with E-state index in [1.54, 1.807) is 24.0 Å². The fourth-order valence-corrected chi connectivity index (χ4v) is 3.00. The van der Waals surface area contributed by atoms with Crippen LogP contribution in [0.1, 0.15) is 40.7 Å². The van der Waals surface area contributed by atoms with Gasteiger partial charge in [-0.05, 0) is 24.6 Å². The second kappa shape index (κ2) is 7.13. The van der Waals surface area contributed by atoms with Gasteiger partial charge in [-0.3, -0.25) is 4.79 Å². The number of nitrogens with zero attached hydrogens (tertiary/aromatic N) is 2. The zero-order valence-electron chi connectivity index (χ0n) is 13.5. The highest BCUT2D eigenvalue weighted by Crippen LogP contribution is 2.29. The van der Waals surface area contributed by atoms with Gasteiger partial charge in [0.2, 0.25) is 5.76 Å². The molecule has 1 atom stereocenters. The van der Waals surface area contributed by atoms with E-state index >= 15 is 0 Å². The minimum atomic E-state index is -0.244. The topological polar surface area (TPSA) is 55.6 Å². The van der Waals surface area contributed by atoms with E-state index in [9.17, 15) is 4.79 Å². The van der Waals surface area contributed by atoms with Crippen molar-refractivity contribution in [1.29, 1.82) is 0 Å². The van der Waals surface area contributed by atoms with E-state index in [2.05, 4.69) is 4.98 Å². The molecule has 0 N–H and O–H groups in total. The summed E-state index contributed by atoms with van der Waals surface area (Å²) in [6, 6.07) is 5.37. The number of ether oxygens (including phenoxy) is 1. The van der Waals surface area contributed by atoms with Crippen LogP contribution in [0, 0.1) is 6.92 Å². The number of oxazole rings is 1. The first-order valence-corrected chi connectivity index (χ1v) is 8.57. The first-order valence-electron chi connectivity index (χ1n) is 7.81. The van der Waals surface area contributed by atoms with Gasteiger partial charge in [0, 0.05) is 13.0 Å². The van der Waals surface area contributed by atoms with E-state index in [1.807, 2.05) is 13.0 Å². The third kappa shape index (κ3) is 3.43. The summed E-state index contributed by atoms with van der Waals surface area (Å²) >= 11 is 12.0. The molecule has 1 aromatic heterocycles. The van der Waals surface area contributed by atoms with Crippen LogP contribution in [0.4, 0.5) is 0 Å². The lowest BCUT2D eigenvalue weighted by Gasteiger charge is -2.32. The highest BCUT2D eigenvalue weighted by Gasteiger charge is 2.29. The Morgan fingerprint density at radius 1 is 1.38 bits per heavy atom. The number of aromatic nitrogens is 1. The number of amides is 1. The maximum Gasteiger partial charge on any atom is 0.291 e. The van der Waals surface area contributed by atoms with Crippen molar-refractivity contribution in [3.63, 3.8) is 0 Å². The van der Waals surface area contributed by atoms with Crippen LogP contribution < -0.4 is 0 Å². The van der Waals surface area contributed by atoms with Gasteiger partial charge >= 0.3 is 0 Å². The second-order valence-electron chi connectivity index (χ2n) is 5.66. The average Bonchev–Trinajstić information content (AvgIpc) is 2.98. The molecule has 3 rings (SSSR count). The number of halogens is 2. The third-order valence-electron chi connectivity index (χ3n) is 4.01. The van der Waals surface area contributed by atoms with Crippen LogP contribution >= 0.6 is 23.2 Å². The molecule has 7 heteroatoms. The minimum absolute atomic E-state index is 0.159. The van der Waals surface area contributed by atoms with Gasteiger partial charge in [0.25, 0.3) is 5.91 Å². The van der Waals surface area contributed by atoms with Crippen LogP contribution in [0.5, 0.6) is 0 Å². The number of hydrogen-bond acceptors (Lipinski definition) is 4. The number of rotatable bonds is 3. The molecule has 0 spiro atoms. The molecule has 2 aromatic rings. The number of aryl methyl sites for hydroxylation is 2. The van der Waals surface area contributed by atoms with Crippen molar-refractivity contribution >= 4 is 29.1 Å². The molecule has 128 valence electrons. The molecule has 1 aliphatic heterocycles. The number of hydrogen-bond donors (Lipinski definition) is 0. The van der Waals surface area contributed by atoms with Crippen LogP contribution in [-0.2, 0) is 11.2 Å². The predicted octanol–water partition coefficient (Wildman–Crippen LogP) is 4.07. The minimum Gasteiger partial charge on any atom is -0.435 e. The van der Waals surface area contributed by atoms with Gasteiger partial charge in [0.1, 0.15) is 6.10 Å². The van der Waals surface area contributed by atoms with Gasteiger partial charge in [-0.25, -0.2) is 4.98 Å². The van der Waals surface area contributed by atoms with Gasteiger partial charge in [-0.1, -0.05) is 36.2 Å². The molecule has 24 heavy (non-hydrogen) atoms. The first-order chi connectivity index (χ1) is 11.5. The molecule has 0 radical (unpaired) electrons. The lowest BCUT2D eigenvalue weighted by Crippen LogP contribution is -2.42. The quantitative estimate of drug-likeness (QED) is 0.819. The molecule has 1 amide bonds. The largest absolute Gasteiger partial charge is 0.435 e. The van der Waals surface area contributed by atoms with Crippen molar-refractivity contribution in [1.82, 2.24) is 9.88 Å². The van der Waals surface area contributed by atoms with Gasteiger partial charge < -0.3 is 14.1 Å². The van der Waals surface area contributed by atoms with E-state index in [0.717, 1.165) is 5.56 Å². The molecule has 0 aliphatic carbocycles. The number of carbonyl (C=O) groups is 1. The summed E-state index contributed by atoms with van der Waals surface area (Å²) in [5.74, 6) is 0.722. The highest BCUT2D eigenvalue weighted by molar-refractivity contribution is 6.42. The van der Waals surface area contributed by atoms with E-state index in [0.29, 0.717) is 53.5 Å². The normalized spacial score (nSPS) is 18.0. The van der Waals surface area contributed by atoms with Crippen molar-refractivity contribution in [2.75, 3.05) is 19.7 Å². The standard InChI is InChI=1S/C17H18Cl2N2O3/c1-3-15-20-10(2)16(24-15)17(22)21-6-7-23-14(9-21)11-4-5-12(18)13(19)8-11/h4-5,8,14H,3,6-7,9H2,1-2H3/t14-/m1/s1. The van der Waals surface area contributed by atoms with E-state index in [4.69, 9.17) is 32.4 Å². The van der Waals surface area contributed by atoms with Crippen LogP contribution in [0.15, 0.2) is 22.6 Å². The van der Waals surface area contributed by atoms with E-state index < -0.39 is 0 Å².